The summed E-state index contributed by atoms with van der Waals surface area (Å²) in [6.07, 6.45) is 1.52. The summed E-state index contributed by atoms with van der Waals surface area (Å²) in [5.41, 5.74) is 4.48. The standard InChI is InChI=1S/C21H20N4O2S/c1-14-9-10-20(15(2)11-14)28(26,27)24-17-12-19-16(3)23-25(21(19)22-13-17)18-7-5-4-6-8-18/h4-13,24H,1-3H3. The zero-order chi connectivity index (χ0) is 19.9. The maximum absolute atomic E-state index is 12.8. The Morgan fingerprint density at radius 1 is 0.964 bits per heavy atom. The molecule has 4 rings (SSSR count). The van der Waals surface area contributed by atoms with Crippen molar-refractivity contribution in [3.8, 4) is 5.69 Å². The lowest BCUT2D eigenvalue weighted by Gasteiger charge is -2.11. The van der Waals surface area contributed by atoms with Gasteiger partial charge in [0.05, 0.1) is 28.2 Å². The van der Waals surface area contributed by atoms with Gasteiger partial charge in [0.2, 0.25) is 0 Å². The summed E-state index contributed by atoms with van der Waals surface area (Å²) in [7, 11) is -3.70. The number of aromatic nitrogens is 3. The van der Waals surface area contributed by atoms with E-state index in [-0.39, 0.29) is 4.90 Å². The van der Waals surface area contributed by atoms with Crippen molar-refractivity contribution in [2.75, 3.05) is 4.72 Å². The summed E-state index contributed by atoms with van der Waals surface area (Å²) >= 11 is 0. The van der Waals surface area contributed by atoms with Crippen molar-refractivity contribution in [1.29, 1.82) is 0 Å². The summed E-state index contributed by atoms with van der Waals surface area (Å²) in [4.78, 5) is 4.73. The Bertz CT molecular complexity index is 1280. The van der Waals surface area contributed by atoms with Gasteiger partial charge in [0, 0.05) is 5.39 Å². The molecule has 0 bridgehead atoms. The lowest BCUT2D eigenvalue weighted by molar-refractivity contribution is 0.600. The van der Waals surface area contributed by atoms with Gasteiger partial charge < -0.3 is 0 Å². The third-order valence-electron chi connectivity index (χ3n) is 4.58. The summed E-state index contributed by atoms with van der Waals surface area (Å²) < 4.78 is 30.0. The molecule has 0 spiro atoms. The van der Waals surface area contributed by atoms with E-state index in [9.17, 15) is 8.42 Å². The van der Waals surface area contributed by atoms with Crippen molar-refractivity contribution in [2.45, 2.75) is 25.7 Å². The number of hydrogen-bond acceptors (Lipinski definition) is 4. The van der Waals surface area contributed by atoms with Gasteiger partial charge in [0.15, 0.2) is 5.65 Å². The van der Waals surface area contributed by atoms with Crippen LogP contribution in [-0.4, -0.2) is 23.2 Å². The van der Waals surface area contributed by atoms with Crippen LogP contribution in [0.2, 0.25) is 0 Å². The zero-order valence-corrected chi connectivity index (χ0v) is 16.7. The fourth-order valence-corrected chi connectivity index (χ4v) is 4.52. The first-order chi connectivity index (χ1) is 13.3. The van der Waals surface area contributed by atoms with Gasteiger partial charge in [-0.25, -0.2) is 18.1 Å². The van der Waals surface area contributed by atoms with Crippen molar-refractivity contribution >= 4 is 26.7 Å². The molecule has 0 amide bonds. The molecule has 142 valence electrons. The van der Waals surface area contributed by atoms with E-state index in [0.29, 0.717) is 16.9 Å². The molecule has 28 heavy (non-hydrogen) atoms. The van der Waals surface area contributed by atoms with E-state index >= 15 is 0 Å². The maximum Gasteiger partial charge on any atom is 0.262 e. The molecule has 0 aliphatic carbocycles. The van der Waals surface area contributed by atoms with Crippen LogP contribution in [0.5, 0.6) is 0 Å². The number of aryl methyl sites for hydroxylation is 3. The topological polar surface area (TPSA) is 76.9 Å². The van der Waals surface area contributed by atoms with Crippen LogP contribution < -0.4 is 4.72 Å². The van der Waals surface area contributed by atoms with Gasteiger partial charge in [-0.3, -0.25) is 4.72 Å². The minimum atomic E-state index is -3.70. The maximum atomic E-state index is 12.8. The van der Waals surface area contributed by atoms with Crippen molar-refractivity contribution in [1.82, 2.24) is 14.8 Å². The van der Waals surface area contributed by atoms with E-state index in [1.165, 1.54) is 6.20 Å². The van der Waals surface area contributed by atoms with Crippen LogP contribution in [0.4, 0.5) is 5.69 Å². The van der Waals surface area contributed by atoms with Gasteiger partial charge in [-0.15, -0.1) is 0 Å². The van der Waals surface area contributed by atoms with E-state index in [1.54, 1.807) is 29.8 Å². The number of para-hydroxylation sites is 1. The van der Waals surface area contributed by atoms with Crippen LogP contribution in [0, 0.1) is 20.8 Å². The number of anilines is 1. The molecule has 2 heterocycles. The molecule has 2 aromatic carbocycles. The van der Waals surface area contributed by atoms with Crippen LogP contribution in [0.25, 0.3) is 16.7 Å². The monoisotopic (exact) mass is 392 g/mol. The second kappa shape index (κ2) is 6.76. The van der Waals surface area contributed by atoms with E-state index < -0.39 is 10.0 Å². The highest BCUT2D eigenvalue weighted by molar-refractivity contribution is 7.92. The van der Waals surface area contributed by atoms with Gasteiger partial charge in [-0.05, 0) is 50.6 Å². The highest BCUT2D eigenvalue weighted by Gasteiger charge is 2.18. The quantitative estimate of drug-likeness (QED) is 0.566. The largest absolute Gasteiger partial charge is 0.278 e. The van der Waals surface area contributed by atoms with Gasteiger partial charge >= 0.3 is 0 Å². The summed E-state index contributed by atoms with van der Waals surface area (Å²) in [5.74, 6) is 0. The second-order valence-corrected chi connectivity index (χ2v) is 8.45. The molecule has 0 saturated heterocycles. The lowest BCUT2D eigenvalue weighted by atomic mass is 10.2. The van der Waals surface area contributed by atoms with Gasteiger partial charge in [0.25, 0.3) is 10.0 Å². The molecule has 1 N–H and O–H groups in total. The minimum Gasteiger partial charge on any atom is -0.278 e. The third-order valence-corrected chi connectivity index (χ3v) is 6.12. The first-order valence-electron chi connectivity index (χ1n) is 8.86. The van der Waals surface area contributed by atoms with Crippen LogP contribution >= 0.6 is 0 Å². The number of sulfonamides is 1. The van der Waals surface area contributed by atoms with Gasteiger partial charge in [-0.1, -0.05) is 35.9 Å². The Balaban J connectivity index is 1.74. The van der Waals surface area contributed by atoms with E-state index in [4.69, 9.17) is 0 Å². The third kappa shape index (κ3) is 3.25. The van der Waals surface area contributed by atoms with Crippen LogP contribution in [0.15, 0.2) is 65.7 Å². The highest BCUT2D eigenvalue weighted by atomic mass is 32.2. The Kier molecular flexibility index (Phi) is 4.39. The molecular formula is C21H20N4O2S. The Labute approximate surface area is 163 Å². The van der Waals surface area contributed by atoms with Crippen molar-refractivity contribution in [3.63, 3.8) is 0 Å². The summed E-state index contributed by atoms with van der Waals surface area (Å²) in [6.45, 7) is 5.60. The number of fused-ring (bicyclic) bond motifs is 1. The predicted molar refractivity (Wildman–Crippen MR) is 110 cm³/mol. The van der Waals surface area contributed by atoms with Crippen molar-refractivity contribution < 1.29 is 8.42 Å². The normalized spacial score (nSPS) is 11.7. The molecule has 0 fully saturated rings. The van der Waals surface area contributed by atoms with Crippen LogP contribution in [0.1, 0.15) is 16.8 Å². The van der Waals surface area contributed by atoms with Crippen LogP contribution in [-0.2, 0) is 10.0 Å². The first-order valence-corrected chi connectivity index (χ1v) is 10.3. The molecular weight excluding hydrogens is 372 g/mol. The Morgan fingerprint density at radius 3 is 2.43 bits per heavy atom. The van der Waals surface area contributed by atoms with Gasteiger partial charge in [0.1, 0.15) is 0 Å². The molecule has 0 saturated carbocycles. The number of nitrogens with zero attached hydrogens (tertiary/aromatic N) is 3. The number of benzene rings is 2. The SMILES string of the molecule is Cc1ccc(S(=O)(=O)Nc2cnc3c(c2)c(C)nn3-c2ccccc2)c(C)c1. The molecule has 0 unspecified atom stereocenters. The van der Waals surface area contributed by atoms with Crippen molar-refractivity contribution in [3.05, 3.63) is 77.6 Å². The summed E-state index contributed by atoms with van der Waals surface area (Å²) in [6, 6.07) is 16.7. The number of rotatable bonds is 4. The average molecular weight is 392 g/mol. The minimum absolute atomic E-state index is 0.259. The molecule has 0 aliphatic rings. The lowest BCUT2D eigenvalue weighted by Crippen LogP contribution is -2.14. The fourth-order valence-electron chi connectivity index (χ4n) is 3.26. The van der Waals surface area contributed by atoms with E-state index in [1.807, 2.05) is 50.2 Å². The Hall–Kier alpha value is -3.19. The first kappa shape index (κ1) is 18.2. The molecule has 7 heteroatoms. The molecule has 4 aromatic rings. The predicted octanol–water partition coefficient (Wildman–Crippen LogP) is 4.15. The van der Waals surface area contributed by atoms with Gasteiger partial charge in [-0.2, -0.15) is 5.10 Å². The molecule has 0 atom stereocenters. The Morgan fingerprint density at radius 2 is 1.71 bits per heavy atom. The molecule has 0 aliphatic heterocycles. The second-order valence-electron chi connectivity index (χ2n) is 6.80. The number of nitrogens with one attached hydrogen (secondary N) is 1. The molecule has 6 nitrogen and oxygen atoms in total. The number of hydrogen-bond donors (Lipinski definition) is 1. The van der Waals surface area contributed by atoms with E-state index in [0.717, 1.165) is 22.3 Å². The van der Waals surface area contributed by atoms with E-state index in [2.05, 4.69) is 14.8 Å². The zero-order valence-electron chi connectivity index (χ0n) is 15.8. The molecule has 2 aromatic heterocycles. The highest BCUT2D eigenvalue weighted by Crippen LogP contribution is 2.25. The van der Waals surface area contributed by atoms with Crippen molar-refractivity contribution in [2.24, 2.45) is 0 Å². The fraction of sp³-hybridized carbons (Fsp3) is 0.143. The summed E-state index contributed by atoms with van der Waals surface area (Å²) in [5, 5.41) is 5.35. The smallest absolute Gasteiger partial charge is 0.262 e. The molecule has 0 radical (unpaired) electrons. The number of pyridine rings is 1. The van der Waals surface area contributed by atoms with Crippen LogP contribution in [0.3, 0.4) is 0 Å². The average Bonchev–Trinajstić information content (AvgIpc) is 2.98.